The quantitative estimate of drug-likeness (QED) is 0.754. The lowest BCUT2D eigenvalue weighted by molar-refractivity contribution is -0.139. The van der Waals surface area contributed by atoms with Crippen LogP contribution in [0.4, 0.5) is 0 Å². The summed E-state index contributed by atoms with van der Waals surface area (Å²) in [6.45, 7) is 8.40. The molecule has 2 heterocycles. The van der Waals surface area contributed by atoms with E-state index in [4.69, 9.17) is 0 Å². The van der Waals surface area contributed by atoms with E-state index in [1.54, 1.807) is 0 Å². The van der Waals surface area contributed by atoms with Crippen molar-refractivity contribution >= 4 is 5.91 Å². The first-order valence-electron chi connectivity index (χ1n) is 7.65. The number of carbonyl (C=O) groups is 1. The Balaban J connectivity index is 1.93. The van der Waals surface area contributed by atoms with Crippen LogP contribution in [0.2, 0.25) is 0 Å². The van der Waals surface area contributed by atoms with Crippen LogP contribution in [-0.4, -0.2) is 46.9 Å². The normalized spacial score (nSPS) is 34.6. The summed E-state index contributed by atoms with van der Waals surface area (Å²) in [7, 11) is 0. The van der Waals surface area contributed by atoms with Gasteiger partial charge in [-0.15, -0.1) is 0 Å². The maximum absolute atomic E-state index is 12.5. The van der Waals surface area contributed by atoms with Gasteiger partial charge in [-0.25, -0.2) is 0 Å². The van der Waals surface area contributed by atoms with Crippen molar-refractivity contribution in [2.24, 2.45) is 0 Å². The Kier molecular flexibility index (Phi) is 4.66. The lowest BCUT2D eigenvalue weighted by atomic mass is 9.97. The number of hydrogen-bond donors (Lipinski definition) is 0. The van der Waals surface area contributed by atoms with Crippen molar-refractivity contribution in [2.45, 2.75) is 77.4 Å². The lowest BCUT2D eigenvalue weighted by Gasteiger charge is -2.41. The topological polar surface area (TPSA) is 23.6 Å². The molecule has 0 bridgehead atoms. The molecule has 2 rings (SSSR count). The van der Waals surface area contributed by atoms with Crippen molar-refractivity contribution in [3.05, 3.63) is 0 Å². The number of rotatable bonds is 2. The summed E-state index contributed by atoms with van der Waals surface area (Å²) >= 11 is 0. The van der Waals surface area contributed by atoms with Crippen molar-refractivity contribution in [1.82, 2.24) is 9.80 Å². The van der Waals surface area contributed by atoms with Crippen molar-refractivity contribution in [2.75, 3.05) is 13.1 Å². The fourth-order valence-electron chi connectivity index (χ4n) is 3.56. The summed E-state index contributed by atoms with van der Waals surface area (Å²) in [4.78, 5) is 17.0. The molecule has 2 aliphatic heterocycles. The molecule has 0 aromatic heterocycles. The smallest absolute Gasteiger partial charge is 0.237 e. The summed E-state index contributed by atoms with van der Waals surface area (Å²) in [6, 6.07) is 1.45. The van der Waals surface area contributed by atoms with Gasteiger partial charge in [0.15, 0.2) is 0 Å². The van der Waals surface area contributed by atoms with E-state index >= 15 is 0 Å². The second kappa shape index (κ2) is 6.05. The minimum atomic E-state index is 0.350. The van der Waals surface area contributed by atoms with E-state index in [2.05, 4.69) is 30.6 Å². The second-order valence-electron chi connectivity index (χ2n) is 6.25. The van der Waals surface area contributed by atoms with E-state index in [0.29, 0.717) is 30.6 Å². The van der Waals surface area contributed by atoms with Gasteiger partial charge >= 0.3 is 0 Å². The second-order valence-corrected chi connectivity index (χ2v) is 6.25. The molecule has 2 fully saturated rings. The fourth-order valence-corrected chi connectivity index (χ4v) is 3.56. The fraction of sp³-hybridized carbons (Fsp3) is 0.933. The lowest BCUT2D eigenvalue weighted by Crippen LogP contribution is -2.52. The zero-order chi connectivity index (χ0) is 13.1. The SMILES string of the molecule is C[C@@H]1CCC[C@H](C)N1C(=O)CN1CCCC[C@@H]1C. The molecule has 0 aromatic rings. The highest BCUT2D eigenvalue weighted by Gasteiger charge is 2.31. The molecule has 0 saturated carbocycles. The minimum Gasteiger partial charge on any atom is -0.336 e. The van der Waals surface area contributed by atoms with Gasteiger partial charge in [0.2, 0.25) is 5.91 Å². The van der Waals surface area contributed by atoms with E-state index in [-0.39, 0.29) is 0 Å². The van der Waals surface area contributed by atoms with Crippen molar-refractivity contribution in [1.29, 1.82) is 0 Å². The molecular formula is C15H28N2O. The first-order valence-corrected chi connectivity index (χ1v) is 7.65. The third-order valence-electron chi connectivity index (χ3n) is 4.76. The van der Waals surface area contributed by atoms with Crippen LogP contribution in [0.1, 0.15) is 59.3 Å². The molecule has 0 aromatic carbocycles. The van der Waals surface area contributed by atoms with Crippen molar-refractivity contribution in [3.63, 3.8) is 0 Å². The average Bonchev–Trinajstić information content (AvgIpc) is 2.32. The number of nitrogens with zero attached hydrogens (tertiary/aromatic N) is 2. The zero-order valence-electron chi connectivity index (χ0n) is 12.2. The summed E-state index contributed by atoms with van der Waals surface area (Å²) in [5.74, 6) is 0.350. The molecule has 0 radical (unpaired) electrons. The predicted molar refractivity (Wildman–Crippen MR) is 74.5 cm³/mol. The third kappa shape index (κ3) is 3.05. The zero-order valence-corrected chi connectivity index (χ0v) is 12.2. The summed E-state index contributed by atoms with van der Waals surface area (Å²) in [5.41, 5.74) is 0. The van der Waals surface area contributed by atoms with Gasteiger partial charge in [-0.3, -0.25) is 9.69 Å². The highest BCUT2D eigenvalue weighted by atomic mass is 16.2. The molecule has 0 unspecified atom stereocenters. The monoisotopic (exact) mass is 252 g/mol. The molecule has 1 amide bonds. The number of amides is 1. The molecule has 2 saturated heterocycles. The molecule has 0 N–H and O–H groups in total. The molecule has 3 atom stereocenters. The molecule has 18 heavy (non-hydrogen) atoms. The highest BCUT2D eigenvalue weighted by Crippen LogP contribution is 2.23. The maximum Gasteiger partial charge on any atom is 0.237 e. The Labute approximate surface area is 112 Å². The van der Waals surface area contributed by atoms with Gasteiger partial charge in [-0.1, -0.05) is 6.42 Å². The first kappa shape index (κ1) is 13.9. The summed E-state index contributed by atoms with van der Waals surface area (Å²) < 4.78 is 0. The van der Waals surface area contributed by atoms with Gasteiger partial charge in [0.05, 0.1) is 6.54 Å². The van der Waals surface area contributed by atoms with E-state index in [0.717, 1.165) is 6.54 Å². The molecule has 3 nitrogen and oxygen atoms in total. The number of hydrogen-bond acceptors (Lipinski definition) is 2. The van der Waals surface area contributed by atoms with Gasteiger partial charge in [-0.05, 0) is 59.4 Å². The minimum absolute atomic E-state index is 0.350. The van der Waals surface area contributed by atoms with Gasteiger partial charge in [-0.2, -0.15) is 0 Å². The van der Waals surface area contributed by atoms with Crippen molar-refractivity contribution < 1.29 is 4.79 Å². The highest BCUT2D eigenvalue weighted by molar-refractivity contribution is 5.79. The molecule has 3 heteroatoms. The van der Waals surface area contributed by atoms with Crippen molar-refractivity contribution in [3.8, 4) is 0 Å². The van der Waals surface area contributed by atoms with Crippen LogP contribution in [0.3, 0.4) is 0 Å². The van der Waals surface area contributed by atoms with E-state index < -0.39 is 0 Å². The molecule has 0 aliphatic carbocycles. The van der Waals surface area contributed by atoms with Gasteiger partial charge in [0.1, 0.15) is 0 Å². The van der Waals surface area contributed by atoms with Crippen LogP contribution in [0.25, 0.3) is 0 Å². The van der Waals surface area contributed by atoms with Gasteiger partial charge in [0, 0.05) is 18.1 Å². The Hall–Kier alpha value is -0.570. The Morgan fingerprint density at radius 2 is 1.56 bits per heavy atom. The summed E-state index contributed by atoms with van der Waals surface area (Å²) in [5, 5.41) is 0. The van der Waals surface area contributed by atoms with Crippen LogP contribution in [0.5, 0.6) is 0 Å². The van der Waals surface area contributed by atoms with Crippen LogP contribution in [-0.2, 0) is 4.79 Å². The molecule has 104 valence electrons. The van der Waals surface area contributed by atoms with Crippen LogP contribution >= 0.6 is 0 Å². The van der Waals surface area contributed by atoms with E-state index in [9.17, 15) is 4.79 Å². The Morgan fingerprint density at radius 3 is 2.17 bits per heavy atom. The molecule has 0 spiro atoms. The first-order chi connectivity index (χ1) is 8.59. The van der Waals surface area contributed by atoms with E-state index in [1.807, 2.05) is 0 Å². The number of carbonyl (C=O) groups excluding carboxylic acids is 1. The molecular weight excluding hydrogens is 224 g/mol. The molecule has 2 aliphatic rings. The summed E-state index contributed by atoms with van der Waals surface area (Å²) in [6.07, 6.45) is 7.44. The Bertz CT molecular complexity index is 282. The third-order valence-corrected chi connectivity index (χ3v) is 4.76. The largest absolute Gasteiger partial charge is 0.336 e. The maximum atomic E-state index is 12.5. The van der Waals surface area contributed by atoms with Crippen LogP contribution < -0.4 is 0 Å². The van der Waals surface area contributed by atoms with Gasteiger partial charge in [0.25, 0.3) is 0 Å². The average molecular weight is 252 g/mol. The van der Waals surface area contributed by atoms with Crippen LogP contribution in [0, 0.1) is 0 Å². The predicted octanol–water partition coefficient (Wildman–Crippen LogP) is 2.65. The van der Waals surface area contributed by atoms with Crippen LogP contribution in [0.15, 0.2) is 0 Å². The van der Waals surface area contributed by atoms with Gasteiger partial charge < -0.3 is 4.90 Å². The van der Waals surface area contributed by atoms with E-state index in [1.165, 1.54) is 38.5 Å². The standard InChI is InChI=1S/C15H28N2O/c1-12-7-4-5-10-16(12)11-15(18)17-13(2)8-6-9-14(17)3/h12-14H,4-11H2,1-3H3/t12-,13-,14+/m0/s1. The number of likely N-dealkylation sites (tertiary alicyclic amines) is 2. The number of piperidine rings is 2. The Morgan fingerprint density at radius 1 is 0.944 bits per heavy atom.